The Morgan fingerprint density at radius 1 is 1.20 bits per heavy atom. The lowest BCUT2D eigenvalue weighted by Crippen LogP contribution is -2.06. The van der Waals surface area contributed by atoms with E-state index in [-0.39, 0.29) is 6.61 Å². The second kappa shape index (κ2) is 8.94. The molecular formula is C6H12O3S. The number of carbonyl (C=O) groups is 1. The Morgan fingerprint density at radius 3 is 2.50 bits per heavy atom. The highest BCUT2D eigenvalue weighted by Gasteiger charge is 1.86. The summed E-state index contributed by atoms with van der Waals surface area (Å²) in [5, 5.41) is 0. The molecular weight excluding hydrogens is 152 g/mol. The summed E-state index contributed by atoms with van der Waals surface area (Å²) < 4.78 is 9.82. The fraction of sp³-hybridized carbons (Fsp3) is 0.833. The molecule has 0 rings (SSSR count). The van der Waals surface area contributed by atoms with Crippen molar-refractivity contribution in [1.82, 2.24) is 0 Å². The number of hydrogen-bond acceptors (Lipinski definition) is 4. The first kappa shape index (κ1) is 9.94. The Kier molecular flexibility index (Phi) is 8.89. The highest BCUT2D eigenvalue weighted by Crippen LogP contribution is 1.79. The third-order valence-corrected chi connectivity index (χ3v) is 0.976. The Bertz CT molecular complexity index is 77.4. The molecule has 0 saturated heterocycles. The third kappa shape index (κ3) is 7.94. The van der Waals surface area contributed by atoms with Crippen LogP contribution in [0.4, 0.5) is 0 Å². The SMILES string of the molecule is O=CCOCCOCCS. The average molecular weight is 164 g/mol. The molecule has 0 fully saturated rings. The molecule has 10 heavy (non-hydrogen) atoms. The van der Waals surface area contributed by atoms with E-state index in [0.717, 1.165) is 6.29 Å². The van der Waals surface area contributed by atoms with Crippen LogP contribution in [0.5, 0.6) is 0 Å². The first-order valence-electron chi connectivity index (χ1n) is 3.11. The molecule has 0 unspecified atom stereocenters. The van der Waals surface area contributed by atoms with Crippen LogP contribution in [0.15, 0.2) is 0 Å². The van der Waals surface area contributed by atoms with Gasteiger partial charge >= 0.3 is 0 Å². The van der Waals surface area contributed by atoms with Gasteiger partial charge in [0.25, 0.3) is 0 Å². The van der Waals surface area contributed by atoms with E-state index < -0.39 is 0 Å². The zero-order valence-corrected chi connectivity index (χ0v) is 6.68. The second-order valence-corrected chi connectivity index (χ2v) is 2.02. The van der Waals surface area contributed by atoms with Gasteiger partial charge < -0.3 is 14.3 Å². The van der Waals surface area contributed by atoms with Crippen LogP contribution < -0.4 is 0 Å². The van der Waals surface area contributed by atoms with Gasteiger partial charge in [-0.25, -0.2) is 0 Å². The molecule has 0 bridgehead atoms. The zero-order chi connectivity index (χ0) is 7.66. The fourth-order valence-electron chi connectivity index (χ4n) is 0.416. The van der Waals surface area contributed by atoms with Crippen molar-refractivity contribution in [1.29, 1.82) is 0 Å². The van der Waals surface area contributed by atoms with Crippen molar-refractivity contribution in [2.75, 3.05) is 32.2 Å². The molecule has 0 aromatic carbocycles. The van der Waals surface area contributed by atoms with Crippen molar-refractivity contribution >= 4 is 18.9 Å². The summed E-state index contributed by atoms with van der Waals surface area (Å²) in [4.78, 5) is 9.72. The topological polar surface area (TPSA) is 35.5 Å². The molecule has 0 heterocycles. The van der Waals surface area contributed by atoms with Crippen molar-refractivity contribution in [3.63, 3.8) is 0 Å². The van der Waals surface area contributed by atoms with Gasteiger partial charge in [0.05, 0.1) is 19.8 Å². The lowest BCUT2D eigenvalue weighted by atomic mass is 10.7. The molecule has 0 aromatic rings. The molecule has 0 saturated carbocycles. The Hall–Kier alpha value is -0.0600. The molecule has 4 heteroatoms. The molecule has 0 aliphatic heterocycles. The van der Waals surface area contributed by atoms with E-state index in [2.05, 4.69) is 12.6 Å². The highest BCUT2D eigenvalue weighted by molar-refractivity contribution is 7.80. The molecule has 0 aliphatic rings. The van der Waals surface area contributed by atoms with Gasteiger partial charge in [0.15, 0.2) is 0 Å². The Balaban J connectivity index is 2.70. The van der Waals surface area contributed by atoms with Crippen LogP contribution in [0, 0.1) is 0 Å². The quantitative estimate of drug-likeness (QED) is 0.330. The number of hydrogen-bond donors (Lipinski definition) is 1. The van der Waals surface area contributed by atoms with E-state index in [9.17, 15) is 4.79 Å². The molecule has 0 radical (unpaired) electrons. The summed E-state index contributed by atoms with van der Waals surface area (Å²) in [5.74, 6) is 0.716. The summed E-state index contributed by atoms with van der Waals surface area (Å²) in [6, 6.07) is 0. The summed E-state index contributed by atoms with van der Waals surface area (Å²) >= 11 is 3.94. The molecule has 0 aliphatic carbocycles. The maximum Gasteiger partial charge on any atom is 0.145 e. The van der Waals surface area contributed by atoms with Crippen molar-refractivity contribution in [2.45, 2.75) is 0 Å². The highest BCUT2D eigenvalue weighted by atomic mass is 32.1. The predicted molar refractivity (Wildman–Crippen MR) is 41.6 cm³/mol. The van der Waals surface area contributed by atoms with Gasteiger partial charge in [-0.2, -0.15) is 12.6 Å². The average Bonchev–Trinajstić information content (AvgIpc) is 1.97. The minimum Gasteiger partial charge on any atom is -0.378 e. The van der Waals surface area contributed by atoms with E-state index in [1.807, 2.05) is 0 Å². The first-order chi connectivity index (χ1) is 4.91. The second-order valence-electron chi connectivity index (χ2n) is 1.58. The normalized spacial score (nSPS) is 9.70. The monoisotopic (exact) mass is 164 g/mol. The minimum absolute atomic E-state index is 0.157. The number of carbonyl (C=O) groups excluding carboxylic acids is 1. The van der Waals surface area contributed by atoms with E-state index in [1.54, 1.807) is 0 Å². The van der Waals surface area contributed by atoms with Crippen LogP contribution in [0.2, 0.25) is 0 Å². The minimum atomic E-state index is 0.157. The summed E-state index contributed by atoms with van der Waals surface area (Å²) in [6.07, 6.45) is 0.721. The predicted octanol–water partition coefficient (Wildman–Crippen LogP) is 0.148. The largest absolute Gasteiger partial charge is 0.378 e. The van der Waals surface area contributed by atoms with Gasteiger partial charge in [0, 0.05) is 5.75 Å². The molecule has 0 spiro atoms. The number of aldehydes is 1. The smallest absolute Gasteiger partial charge is 0.145 e. The van der Waals surface area contributed by atoms with Gasteiger partial charge in [-0.15, -0.1) is 0 Å². The van der Waals surface area contributed by atoms with E-state index in [0.29, 0.717) is 25.6 Å². The summed E-state index contributed by atoms with van der Waals surface area (Å²) in [6.45, 7) is 1.80. The van der Waals surface area contributed by atoms with Gasteiger partial charge in [-0.1, -0.05) is 0 Å². The van der Waals surface area contributed by atoms with Crippen molar-refractivity contribution in [2.24, 2.45) is 0 Å². The van der Waals surface area contributed by atoms with Gasteiger partial charge in [0.2, 0.25) is 0 Å². The molecule has 0 aromatic heterocycles. The lowest BCUT2D eigenvalue weighted by molar-refractivity contribution is -0.112. The van der Waals surface area contributed by atoms with Crippen LogP contribution in [0.3, 0.4) is 0 Å². The molecule has 0 atom stereocenters. The van der Waals surface area contributed by atoms with Crippen molar-refractivity contribution < 1.29 is 14.3 Å². The van der Waals surface area contributed by atoms with Crippen molar-refractivity contribution in [3.05, 3.63) is 0 Å². The maximum atomic E-state index is 9.72. The zero-order valence-electron chi connectivity index (χ0n) is 5.78. The third-order valence-electron chi connectivity index (χ3n) is 0.794. The number of thiol groups is 1. The Labute approximate surface area is 66.1 Å². The standard InChI is InChI=1S/C6H12O3S/c7-1-2-8-3-4-9-5-6-10/h1,10H,2-6H2. The van der Waals surface area contributed by atoms with Gasteiger partial charge in [0.1, 0.15) is 12.9 Å². The van der Waals surface area contributed by atoms with Gasteiger partial charge in [-0.05, 0) is 0 Å². The van der Waals surface area contributed by atoms with Gasteiger partial charge in [-0.3, -0.25) is 0 Å². The molecule has 0 N–H and O–H groups in total. The van der Waals surface area contributed by atoms with E-state index >= 15 is 0 Å². The van der Waals surface area contributed by atoms with E-state index in [4.69, 9.17) is 9.47 Å². The van der Waals surface area contributed by atoms with Crippen LogP contribution in [-0.2, 0) is 14.3 Å². The summed E-state index contributed by atoms with van der Waals surface area (Å²) in [7, 11) is 0. The molecule has 3 nitrogen and oxygen atoms in total. The number of rotatable bonds is 7. The van der Waals surface area contributed by atoms with Crippen molar-refractivity contribution in [3.8, 4) is 0 Å². The van der Waals surface area contributed by atoms with Crippen LogP contribution in [-0.4, -0.2) is 38.5 Å². The van der Waals surface area contributed by atoms with E-state index in [1.165, 1.54) is 0 Å². The summed E-state index contributed by atoms with van der Waals surface area (Å²) in [5.41, 5.74) is 0. The molecule has 0 amide bonds. The lowest BCUT2D eigenvalue weighted by Gasteiger charge is -2.00. The van der Waals surface area contributed by atoms with Crippen LogP contribution >= 0.6 is 12.6 Å². The maximum absolute atomic E-state index is 9.72. The molecule has 60 valence electrons. The van der Waals surface area contributed by atoms with Crippen LogP contribution in [0.25, 0.3) is 0 Å². The Morgan fingerprint density at radius 2 is 1.90 bits per heavy atom. The first-order valence-corrected chi connectivity index (χ1v) is 3.75. The fourth-order valence-corrected chi connectivity index (χ4v) is 0.545. The van der Waals surface area contributed by atoms with Crippen LogP contribution in [0.1, 0.15) is 0 Å². The number of ether oxygens (including phenoxy) is 2.